The lowest BCUT2D eigenvalue weighted by Gasteiger charge is -2.28. The fraction of sp³-hybridized carbons (Fsp3) is 0.467. The van der Waals surface area contributed by atoms with Gasteiger partial charge >= 0.3 is 0 Å². The smallest absolute Gasteiger partial charge is 0.275 e. The average Bonchev–Trinajstić information content (AvgIpc) is 3.84. The maximum absolute atomic E-state index is 14.8. The third kappa shape index (κ3) is 6.76. The first-order valence-electron chi connectivity index (χ1n) is 15.0. The molecule has 232 valence electrons. The summed E-state index contributed by atoms with van der Waals surface area (Å²) >= 11 is 1.28. The second-order valence-corrected chi connectivity index (χ2v) is 11.9. The fourth-order valence-electron chi connectivity index (χ4n) is 5.79. The van der Waals surface area contributed by atoms with Gasteiger partial charge in [0.2, 0.25) is 5.95 Å². The van der Waals surface area contributed by atoms with Gasteiger partial charge in [0.25, 0.3) is 5.91 Å². The van der Waals surface area contributed by atoms with Gasteiger partial charge in [-0.1, -0.05) is 0 Å². The van der Waals surface area contributed by atoms with Crippen molar-refractivity contribution in [2.24, 2.45) is 0 Å². The molecule has 4 aromatic heterocycles. The number of hydrogen-bond donors (Lipinski definition) is 2. The number of carbonyl (C=O) groups excluding carboxylic acids is 2. The third-order valence-electron chi connectivity index (χ3n) is 8.09. The van der Waals surface area contributed by atoms with Crippen LogP contribution >= 0.6 is 11.3 Å². The summed E-state index contributed by atoms with van der Waals surface area (Å²) < 4.78 is 38.0. The molecule has 1 saturated heterocycles. The highest BCUT2D eigenvalue weighted by molar-refractivity contribution is 7.13. The van der Waals surface area contributed by atoms with Crippen LogP contribution in [0.5, 0.6) is 0 Å². The summed E-state index contributed by atoms with van der Waals surface area (Å²) in [5, 5.41) is 17.1. The van der Waals surface area contributed by atoms with Crippen LogP contribution in [0.4, 0.5) is 14.5 Å². The van der Waals surface area contributed by atoms with Crippen LogP contribution in [-0.4, -0.2) is 66.5 Å². The number of ether oxygens (including phenoxy) is 1. The normalized spacial score (nSPS) is 20.2. The Balaban J connectivity index is 1.17. The zero-order valence-corrected chi connectivity index (χ0v) is 25.2. The molecule has 11 nitrogen and oxygen atoms in total. The molecular formula is C30H34F2N8O3S. The lowest BCUT2D eigenvalue weighted by molar-refractivity contribution is -0.121. The molecule has 0 bridgehead atoms. The molecule has 2 N–H and O–H groups in total. The number of nitrogens with zero attached hydrogens (tertiary/aromatic N) is 6. The molecule has 44 heavy (non-hydrogen) atoms. The predicted octanol–water partition coefficient (Wildman–Crippen LogP) is 5.03. The Morgan fingerprint density at radius 3 is 2.73 bits per heavy atom. The van der Waals surface area contributed by atoms with Crippen molar-refractivity contribution in [1.29, 1.82) is 0 Å². The van der Waals surface area contributed by atoms with Crippen molar-refractivity contribution in [3.63, 3.8) is 0 Å². The largest absolute Gasteiger partial charge is 0.379 e. The number of amides is 1. The third-order valence-corrected chi connectivity index (χ3v) is 8.98. The van der Waals surface area contributed by atoms with E-state index in [1.54, 1.807) is 33.3 Å². The summed E-state index contributed by atoms with van der Waals surface area (Å²) in [6.45, 7) is 3.96. The molecule has 14 heteroatoms. The van der Waals surface area contributed by atoms with E-state index in [4.69, 9.17) is 4.74 Å². The highest BCUT2D eigenvalue weighted by Crippen LogP contribution is 2.34. The molecule has 0 aromatic carbocycles. The first-order chi connectivity index (χ1) is 21.4. The Labute approximate surface area is 257 Å². The summed E-state index contributed by atoms with van der Waals surface area (Å²) in [5.41, 5.74) is 0.853. The van der Waals surface area contributed by atoms with Crippen molar-refractivity contribution < 1.29 is 23.1 Å². The molecule has 1 saturated carbocycles. The van der Waals surface area contributed by atoms with Gasteiger partial charge in [0.1, 0.15) is 22.1 Å². The number of ketones is 1. The molecule has 1 aliphatic carbocycles. The van der Waals surface area contributed by atoms with E-state index < -0.39 is 17.7 Å². The number of pyridine rings is 1. The average molecular weight is 625 g/mol. The summed E-state index contributed by atoms with van der Waals surface area (Å²) in [4.78, 5) is 33.9. The van der Waals surface area contributed by atoms with Crippen LogP contribution in [0, 0.1) is 11.8 Å². The van der Waals surface area contributed by atoms with Crippen LogP contribution in [0.25, 0.3) is 22.0 Å². The SMILES string of the molecule is CCO[C@H]1CC[C@H](n2cc(NC(=O)c3csc(-c4cnn(CCC(=O)[C@@H]5CCCN5)c4)n3)c(-c3nc(F)ccc3F)n2)CC1. The summed E-state index contributed by atoms with van der Waals surface area (Å²) in [6, 6.07) is 1.87. The molecule has 1 aliphatic heterocycles. The van der Waals surface area contributed by atoms with Gasteiger partial charge in [0.15, 0.2) is 11.6 Å². The molecule has 0 unspecified atom stereocenters. The van der Waals surface area contributed by atoms with Gasteiger partial charge in [-0.05, 0) is 64.1 Å². The zero-order valence-electron chi connectivity index (χ0n) is 24.3. The first-order valence-corrected chi connectivity index (χ1v) is 15.8. The van der Waals surface area contributed by atoms with E-state index in [1.807, 2.05) is 6.92 Å². The van der Waals surface area contributed by atoms with E-state index in [1.165, 1.54) is 11.3 Å². The number of halogens is 2. The number of hydrogen-bond acceptors (Lipinski definition) is 9. The van der Waals surface area contributed by atoms with Gasteiger partial charge in [0, 0.05) is 42.9 Å². The summed E-state index contributed by atoms with van der Waals surface area (Å²) in [7, 11) is 0. The zero-order chi connectivity index (χ0) is 30.6. The predicted molar refractivity (Wildman–Crippen MR) is 160 cm³/mol. The molecule has 0 spiro atoms. The number of rotatable bonds is 11. The molecule has 1 amide bonds. The first kappa shape index (κ1) is 30.2. The highest BCUT2D eigenvalue weighted by Gasteiger charge is 2.27. The molecule has 2 fully saturated rings. The Bertz CT molecular complexity index is 1620. The van der Waals surface area contributed by atoms with E-state index in [9.17, 15) is 18.4 Å². The van der Waals surface area contributed by atoms with Gasteiger partial charge < -0.3 is 15.4 Å². The van der Waals surface area contributed by atoms with Crippen molar-refractivity contribution >= 4 is 28.7 Å². The van der Waals surface area contributed by atoms with Crippen LogP contribution in [-0.2, 0) is 16.1 Å². The van der Waals surface area contributed by atoms with Gasteiger partial charge in [-0.2, -0.15) is 14.6 Å². The lowest BCUT2D eigenvalue weighted by atomic mass is 9.93. The Kier molecular flexibility index (Phi) is 9.19. The number of nitrogens with one attached hydrogen (secondary N) is 2. The van der Waals surface area contributed by atoms with Crippen LogP contribution in [0.15, 0.2) is 36.1 Å². The van der Waals surface area contributed by atoms with Crippen molar-refractivity contribution in [3.05, 3.63) is 53.6 Å². The topological polar surface area (TPSA) is 129 Å². The van der Waals surface area contributed by atoms with Gasteiger partial charge in [0.05, 0.1) is 30.1 Å². The summed E-state index contributed by atoms with van der Waals surface area (Å²) in [5.74, 6) is -1.94. The number of aryl methyl sites for hydroxylation is 1. The van der Waals surface area contributed by atoms with Crippen LogP contribution in [0.1, 0.15) is 68.4 Å². The molecule has 4 aromatic rings. The Morgan fingerprint density at radius 1 is 1.11 bits per heavy atom. The molecule has 2 aliphatic rings. The second-order valence-electron chi connectivity index (χ2n) is 11.1. The van der Waals surface area contributed by atoms with E-state index in [0.29, 0.717) is 24.6 Å². The van der Waals surface area contributed by atoms with Crippen LogP contribution in [0.3, 0.4) is 0 Å². The number of aromatic nitrogens is 6. The highest BCUT2D eigenvalue weighted by atomic mass is 32.1. The van der Waals surface area contributed by atoms with Crippen molar-refractivity contribution in [2.75, 3.05) is 18.5 Å². The van der Waals surface area contributed by atoms with Crippen LogP contribution < -0.4 is 10.6 Å². The minimum atomic E-state index is -0.852. The van der Waals surface area contributed by atoms with E-state index >= 15 is 0 Å². The number of thiazole rings is 1. The maximum Gasteiger partial charge on any atom is 0.275 e. The van der Waals surface area contributed by atoms with E-state index in [2.05, 4.69) is 30.8 Å². The second kappa shape index (κ2) is 13.4. The maximum atomic E-state index is 14.8. The number of anilines is 1. The monoisotopic (exact) mass is 624 g/mol. The van der Waals surface area contributed by atoms with Gasteiger partial charge in [-0.3, -0.25) is 19.0 Å². The standard InChI is InChI=1S/C30H34F2N8O3S/c1-2-43-20-7-5-19(6-8-20)40-16-23(28(38-40)27-21(31)9-10-26(32)37-27)35-29(42)24-17-44-30(36-24)18-14-34-39(15-18)13-11-25(41)22-4-3-12-33-22/h9-10,14-17,19-20,22,33H,2-8,11-13H2,1H3,(H,35,42)/t19-,20-,22-/m0/s1. The number of carbonyl (C=O) groups is 2. The lowest BCUT2D eigenvalue weighted by Crippen LogP contribution is -2.31. The van der Waals surface area contributed by atoms with Gasteiger partial charge in [-0.25, -0.2) is 14.4 Å². The molecular weight excluding hydrogens is 590 g/mol. The minimum absolute atomic E-state index is 0.0138. The van der Waals surface area contributed by atoms with E-state index in [-0.39, 0.29) is 46.7 Å². The van der Waals surface area contributed by atoms with E-state index in [0.717, 1.165) is 62.8 Å². The molecule has 5 heterocycles. The van der Waals surface area contributed by atoms with Crippen molar-refractivity contribution in [3.8, 4) is 22.0 Å². The van der Waals surface area contributed by atoms with Gasteiger partial charge in [-0.15, -0.1) is 11.3 Å². The minimum Gasteiger partial charge on any atom is -0.379 e. The molecule has 1 atom stereocenters. The fourth-order valence-corrected chi connectivity index (χ4v) is 6.57. The van der Waals surface area contributed by atoms with Crippen molar-refractivity contribution in [2.45, 2.75) is 76.6 Å². The van der Waals surface area contributed by atoms with Crippen LogP contribution in [0.2, 0.25) is 0 Å². The molecule has 6 rings (SSSR count). The van der Waals surface area contributed by atoms with Crippen molar-refractivity contribution in [1.82, 2.24) is 34.8 Å². The molecule has 0 radical (unpaired) electrons. The number of Topliss-reactive ketones (excluding diaryl/α,β-unsaturated/α-hetero) is 1. The quantitative estimate of drug-likeness (QED) is 0.223. The Morgan fingerprint density at radius 2 is 1.95 bits per heavy atom. The Hall–Kier alpha value is -3.88. The summed E-state index contributed by atoms with van der Waals surface area (Å²) in [6.07, 6.45) is 10.9.